The molecule has 0 spiro atoms. The predicted octanol–water partition coefficient (Wildman–Crippen LogP) is -0.215. The molecule has 0 fully saturated rings. The first-order valence-electron chi connectivity index (χ1n) is 6.41. The number of carbonyl (C=O) groups excluding carboxylic acids is 2. The second-order valence-corrected chi connectivity index (χ2v) is 6.10. The Morgan fingerprint density at radius 3 is 2.52 bits per heavy atom. The van der Waals surface area contributed by atoms with Crippen molar-refractivity contribution in [3.8, 4) is 12.3 Å². The van der Waals surface area contributed by atoms with E-state index in [1.807, 2.05) is 0 Å². The highest BCUT2D eigenvalue weighted by molar-refractivity contribution is 7.89. The molecule has 0 aliphatic rings. The number of carbonyl (C=O) groups is 2. The molecule has 0 unspecified atom stereocenters. The molecule has 0 radical (unpaired) electrons. The molecule has 9 heteroatoms. The lowest BCUT2D eigenvalue weighted by Crippen LogP contribution is -2.40. The summed E-state index contributed by atoms with van der Waals surface area (Å²) in [4.78, 5) is 22.7. The van der Waals surface area contributed by atoms with Crippen LogP contribution in [0.5, 0.6) is 0 Å². The summed E-state index contributed by atoms with van der Waals surface area (Å²) in [5, 5.41) is 2.28. The molecule has 1 atom stereocenters. The number of hydrogen-bond acceptors (Lipinski definition) is 5. The molecule has 7 nitrogen and oxygen atoms in total. The van der Waals surface area contributed by atoms with Crippen LogP contribution in [0.3, 0.4) is 0 Å². The maximum atomic E-state index is 12.8. The fourth-order valence-electron chi connectivity index (χ4n) is 1.42. The van der Waals surface area contributed by atoms with Crippen LogP contribution >= 0.6 is 0 Å². The minimum Gasteiger partial charge on any atom is -0.454 e. The van der Waals surface area contributed by atoms with Crippen molar-refractivity contribution in [2.75, 3.05) is 13.2 Å². The molecule has 1 aromatic carbocycles. The Labute approximate surface area is 133 Å². The molecule has 0 aliphatic carbocycles. The Hall–Kier alpha value is -2.44. The van der Waals surface area contributed by atoms with Gasteiger partial charge in [-0.05, 0) is 31.2 Å². The molecule has 0 aliphatic heterocycles. The van der Waals surface area contributed by atoms with Gasteiger partial charge in [-0.25, -0.2) is 12.8 Å². The van der Waals surface area contributed by atoms with Gasteiger partial charge in [-0.2, -0.15) is 4.72 Å². The summed E-state index contributed by atoms with van der Waals surface area (Å²) in [5.74, 6) is 0.0379. The third-order valence-electron chi connectivity index (χ3n) is 2.54. The number of amides is 1. The van der Waals surface area contributed by atoms with Crippen LogP contribution in [-0.4, -0.2) is 39.5 Å². The number of nitrogens with one attached hydrogen (secondary N) is 2. The maximum Gasteiger partial charge on any atom is 0.324 e. The smallest absolute Gasteiger partial charge is 0.324 e. The lowest BCUT2D eigenvalue weighted by molar-refractivity contribution is -0.149. The first-order chi connectivity index (χ1) is 10.8. The lowest BCUT2D eigenvalue weighted by atomic mass is 10.4. The van der Waals surface area contributed by atoms with E-state index in [1.54, 1.807) is 0 Å². The van der Waals surface area contributed by atoms with Crippen molar-refractivity contribution in [3.05, 3.63) is 30.1 Å². The highest BCUT2D eigenvalue weighted by atomic mass is 32.2. The fraction of sp³-hybridized carbons (Fsp3) is 0.286. The Bertz CT molecular complexity index is 710. The number of esters is 1. The number of ether oxygens (including phenoxy) is 1. The molecule has 1 aromatic rings. The number of benzene rings is 1. The van der Waals surface area contributed by atoms with Crippen molar-refractivity contribution in [3.63, 3.8) is 0 Å². The molecule has 0 bridgehead atoms. The van der Waals surface area contributed by atoms with E-state index in [0.29, 0.717) is 0 Å². The first-order valence-corrected chi connectivity index (χ1v) is 7.89. The number of rotatable bonds is 7. The van der Waals surface area contributed by atoms with Crippen LogP contribution < -0.4 is 10.0 Å². The summed E-state index contributed by atoms with van der Waals surface area (Å²) in [7, 11) is -4.02. The molecule has 0 heterocycles. The van der Waals surface area contributed by atoms with Crippen LogP contribution in [0.4, 0.5) is 4.39 Å². The van der Waals surface area contributed by atoms with Gasteiger partial charge in [0, 0.05) is 0 Å². The van der Waals surface area contributed by atoms with Crippen LogP contribution in [0.1, 0.15) is 6.92 Å². The summed E-state index contributed by atoms with van der Waals surface area (Å²) in [6.07, 6.45) is 4.94. The molecule has 124 valence electrons. The van der Waals surface area contributed by atoms with Gasteiger partial charge in [0.1, 0.15) is 11.9 Å². The fourth-order valence-corrected chi connectivity index (χ4v) is 2.62. The van der Waals surface area contributed by atoms with Crippen LogP contribution in [0.2, 0.25) is 0 Å². The number of terminal acetylenes is 1. The van der Waals surface area contributed by atoms with Crippen LogP contribution in [0.25, 0.3) is 0 Å². The van der Waals surface area contributed by atoms with Crippen molar-refractivity contribution in [1.29, 1.82) is 0 Å². The van der Waals surface area contributed by atoms with E-state index < -0.39 is 40.4 Å². The van der Waals surface area contributed by atoms with Gasteiger partial charge >= 0.3 is 5.97 Å². The minimum absolute atomic E-state index is 0.0108. The summed E-state index contributed by atoms with van der Waals surface area (Å²) in [6, 6.07) is 2.85. The lowest BCUT2D eigenvalue weighted by Gasteiger charge is -2.13. The molecular formula is C14H15FN2O5S. The second kappa shape index (κ2) is 8.26. The van der Waals surface area contributed by atoms with Crippen LogP contribution in [0, 0.1) is 18.2 Å². The van der Waals surface area contributed by atoms with Crippen molar-refractivity contribution in [1.82, 2.24) is 10.0 Å². The minimum atomic E-state index is -4.02. The van der Waals surface area contributed by atoms with E-state index in [1.165, 1.54) is 6.92 Å². The average Bonchev–Trinajstić information content (AvgIpc) is 2.50. The Kier molecular flexibility index (Phi) is 6.68. The molecule has 0 aromatic heterocycles. The monoisotopic (exact) mass is 342 g/mol. The zero-order valence-electron chi connectivity index (χ0n) is 12.2. The highest BCUT2D eigenvalue weighted by Crippen LogP contribution is 2.10. The van der Waals surface area contributed by atoms with Crippen molar-refractivity contribution < 1.29 is 27.1 Å². The van der Waals surface area contributed by atoms with E-state index in [2.05, 4.69) is 20.7 Å². The van der Waals surface area contributed by atoms with Gasteiger partial charge in [0.15, 0.2) is 6.61 Å². The predicted molar refractivity (Wildman–Crippen MR) is 79.0 cm³/mol. The summed E-state index contributed by atoms with van der Waals surface area (Å²) in [6.45, 7) is 0.662. The summed E-state index contributed by atoms with van der Waals surface area (Å²) >= 11 is 0. The van der Waals surface area contributed by atoms with Gasteiger partial charge in [0.05, 0.1) is 11.4 Å². The largest absolute Gasteiger partial charge is 0.454 e. The normalized spacial score (nSPS) is 12.0. The van der Waals surface area contributed by atoms with Crippen molar-refractivity contribution in [2.24, 2.45) is 0 Å². The summed E-state index contributed by atoms with van der Waals surface area (Å²) < 4.78 is 43.5. The SMILES string of the molecule is C#CCNC(=O)COC(=O)[C@H](C)NS(=O)(=O)c1ccc(F)cc1. The second-order valence-electron chi connectivity index (χ2n) is 4.39. The zero-order valence-corrected chi connectivity index (χ0v) is 13.0. The van der Waals surface area contributed by atoms with Gasteiger partial charge in [-0.1, -0.05) is 5.92 Å². The number of sulfonamides is 1. The Balaban J connectivity index is 2.59. The first kappa shape index (κ1) is 18.6. The Morgan fingerprint density at radius 1 is 1.35 bits per heavy atom. The average molecular weight is 342 g/mol. The molecule has 2 N–H and O–H groups in total. The zero-order chi connectivity index (χ0) is 17.5. The van der Waals surface area contributed by atoms with Gasteiger partial charge in [-0.3, -0.25) is 9.59 Å². The maximum absolute atomic E-state index is 12.8. The molecule has 1 amide bonds. The standard InChI is InChI=1S/C14H15FN2O5S/c1-3-8-16-13(18)9-22-14(19)10(2)17-23(20,21)12-6-4-11(15)5-7-12/h1,4-7,10,17H,8-9H2,2H3,(H,16,18)/t10-/m0/s1. The van der Waals surface area contributed by atoms with Gasteiger partial charge < -0.3 is 10.1 Å². The third-order valence-corrected chi connectivity index (χ3v) is 4.10. The molecular weight excluding hydrogens is 327 g/mol. The Morgan fingerprint density at radius 2 is 1.96 bits per heavy atom. The van der Waals surface area contributed by atoms with E-state index in [-0.39, 0.29) is 11.4 Å². The molecule has 0 saturated heterocycles. The quantitative estimate of drug-likeness (QED) is 0.527. The van der Waals surface area contributed by atoms with E-state index in [0.717, 1.165) is 24.3 Å². The van der Waals surface area contributed by atoms with E-state index in [9.17, 15) is 22.4 Å². The van der Waals surface area contributed by atoms with Crippen LogP contribution in [0.15, 0.2) is 29.2 Å². The summed E-state index contributed by atoms with van der Waals surface area (Å²) in [5.41, 5.74) is 0. The van der Waals surface area contributed by atoms with E-state index >= 15 is 0 Å². The van der Waals surface area contributed by atoms with Gasteiger partial charge in [0.25, 0.3) is 5.91 Å². The topological polar surface area (TPSA) is 102 Å². The molecule has 23 heavy (non-hydrogen) atoms. The van der Waals surface area contributed by atoms with Crippen LogP contribution in [-0.2, 0) is 24.3 Å². The highest BCUT2D eigenvalue weighted by Gasteiger charge is 2.23. The van der Waals surface area contributed by atoms with Gasteiger partial charge in [0.2, 0.25) is 10.0 Å². The van der Waals surface area contributed by atoms with Crippen molar-refractivity contribution in [2.45, 2.75) is 17.9 Å². The number of hydrogen-bond donors (Lipinski definition) is 2. The third kappa shape index (κ3) is 6.06. The number of halogens is 1. The molecule has 0 saturated carbocycles. The van der Waals surface area contributed by atoms with Crippen molar-refractivity contribution >= 4 is 21.9 Å². The van der Waals surface area contributed by atoms with E-state index in [4.69, 9.17) is 6.42 Å². The van der Waals surface area contributed by atoms with Gasteiger partial charge in [-0.15, -0.1) is 6.42 Å². The molecule has 1 rings (SSSR count).